The lowest BCUT2D eigenvalue weighted by atomic mass is 9.82. The number of rotatable bonds is 28. The molecule has 14 rings (SSSR count). The van der Waals surface area contributed by atoms with Crippen molar-refractivity contribution in [1.29, 1.82) is 21.0 Å². The topological polar surface area (TPSA) is 334 Å². The van der Waals surface area contributed by atoms with Gasteiger partial charge in [0.1, 0.15) is 58.6 Å². The second kappa shape index (κ2) is 45.0. The van der Waals surface area contributed by atoms with Crippen LogP contribution in [0.25, 0.3) is 6.08 Å². The van der Waals surface area contributed by atoms with E-state index < -0.39 is 5.97 Å². The van der Waals surface area contributed by atoms with Gasteiger partial charge in [-0.25, -0.2) is 14.6 Å². The van der Waals surface area contributed by atoms with Gasteiger partial charge in [0.2, 0.25) is 0 Å². The third-order valence-electron chi connectivity index (χ3n) is 22.8. The van der Waals surface area contributed by atoms with Crippen LogP contribution in [0.3, 0.4) is 0 Å². The molecule has 2 aromatic heterocycles. The molecule has 25 nitrogen and oxygen atoms in total. The number of nitrogens with one attached hydrogen (secondary N) is 4. The van der Waals surface area contributed by atoms with Gasteiger partial charge in [0.25, 0.3) is 5.91 Å². The minimum atomic E-state index is -0.542. The molecule has 0 unspecified atom stereocenters. The van der Waals surface area contributed by atoms with E-state index in [1.807, 2.05) is 174 Å². The van der Waals surface area contributed by atoms with E-state index in [0.29, 0.717) is 122 Å². The van der Waals surface area contributed by atoms with Crippen LogP contribution >= 0.6 is 11.3 Å². The van der Waals surface area contributed by atoms with Crippen molar-refractivity contribution >= 4 is 115 Å². The van der Waals surface area contributed by atoms with Crippen molar-refractivity contribution in [3.8, 4) is 30.0 Å². The molecule has 0 spiro atoms. The summed E-state index contributed by atoms with van der Waals surface area (Å²) in [6.45, 7) is 22.2. The Balaban J connectivity index is 0.000000167. The number of aryl methyl sites for hydroxylation is 3. The summed E-state index contributed by atoms with van der Waals surface area (Å²) in [4.78, 5) is 73.4. The van der Waals surface area contributed by atoms with Crippen LogP contribution in [-0.4, -0.2) is 122 Å². The van der Waals surface area contributed by atoms with Gasteiger partial charge in [0, 0.05) is 105 Å². The molecule has 129 heavy (non-hydrogen) atoms. The van der Waals surface area contributed by atoms with E-state index in [1.165, 1.54) is 56.9 Å². The maximum absolute atomic E-state index is 13.5. The first kappa shape index (κ1) is 95.0. The van der Waals surface area contributed by atoms with Crippen LogP contribution in [-0.2, 0) is 29.2 Å². The number of carbonyl (C=O) groups excluding carboxylic acids is 5. The number of methoxy groups -OCH3 is 4. The van der Waals surface area contributed by atoms with E-state index >= 15 is 0 Å². The van der Waals surface area contributed by atoms with Gasteiger partial charge in [0.15, 0.2) is 22.4 Å². The molecule has 0 atom stereocenters. The highest BCUT2D eigenvalue weighted by Gasteiger charge is 2.40. The van der Waals surface area contributed by atoms with E-state index in [4.69, 9.17) is 34.2 Å². The van der Waals surface area contributed by atoms with E-state index in [0.717, 1.165) is 111 Å². The number of thiophene rings is 1. The molecule has 8 aromatic carbocycles. The number of hydrazone groups is 1. The summed E-state index contributed by atoms with van der Waals surface area (Å²) < 4.78 is 25.9. The minimum Gasteiger partial charge on any atom is -0.492 e. The standard InChI is InChI=1S/C28H22N2O2.C27H31N3O.C25H25N3O3.C23H29N7O4S/c1-17-7-11-19(12-8-17)29-23-15-16-24(30-20-13-9-18(2)10-14-20)26-25(23)27(31)21-5-3-4-6-22(21)28(26)32;1-3-30(26-12-9-25(21(2)17-26)18-22(19-28)20-29)15-16-31-27-13-10-24(11-14-27)23-7-5-4-6-8-23;1-16-19(23(29)28(26-16)18-9-7-6-8-10-18)12-14-22-25(2,3)20-15-17(24(30)31-5)11-13-21(20)27(22)4;1-14-16(12-24)20(26-8-6-10-32-3)28-21(27-9-7-11-33-4)18(14)29-30-22-17(13-25)15(2)19(35-22)23(31)34-5/h3-16,29-30H,1-2H3;9-14,17-18,23H,3-8,15-16H2,1-2H3;6-15H,1-5H3;6-11H2,1-5H3,(H2,26,27,28)/b;;19-12+,22-14-;. The minimum absolute atomic E-state index is 0.117. The summed E-state index contributed by atoms with van der Waals surface area (Å²) >= 11 is 1.02. The SMILES string of the molecule is CCN(CCOc1ccc(C2CCCCC2)cc1)c1ccc(C=C(C#N)C#N)c(C)c1.COC(=O)c1ccc2c(c1)C(C)(C)/C(=C/C=C1/C(=O)N(c3ccccc3)N=C1C)N2C.COCCCNc1nc(NCCCOC)c(N=Nc2sc(C(=O)OC)c(C)c2C#N)c(C)c1C#N.Cc1ccc(Nc2ccc(Nc3ccc(C)cc3)c3c2C(=O)c2ccccc2C3=O)cc1. The molecule has 660 valence electrons. The Morgan fingerprint density at radius 2 is 1.22 bits per heavy atom. The second-order valence-corrected chi connectivity index (χ2v) is 32.8. The Bertz CT molecular complexity index is 6000. The average Bonchev–Trinajstić information content (AvgIpc) is 1.66. The van der Waals surface area contributed by atoms with Gasteiger partial charge in [-0.3, -0.25) is 14.4 Å². The molecule has 10 aromatic rings. The second-order valence-electron chi connectivity index (χ2n) is 31.8. The summed E-state index contributed by atoms with van der Waals surface area (Å²) in [6, 6.07) is 64.4. The Morgan fingerprint density at radius 3 is 1.77 bits per heavy atom. The summed E-state index contributed by atoms with van der Waals surface area (Å²) in [5.41, 5.74) is 18.8. The molecule has 2 aliphatic carbocycles. The predicted octanol–water partition coefficient (Wildman–Crippen LogP) is 22.0. The zero-order chi connectivity index (χ0) is 92.4. The van der Waals surface area contributed by atoms with Crippen LogP contribution in [0.2, 0.25) is 0 Å². The number of esters is 2. The number of aromatic nitrogens is 1. The van der Waals surface area contributed by atoms with Crippen LogP contribution in [0.4, 0.5) is 62.1 Å². The molecule has 0 saturated heterocycles. The van der Waals surface area contributed by atoms with Crippen molar-refractivity contribution in [2.45, 2.75) is 119 Å². The number of ether oxygens (including phenoxy) is 5. The normalized spacial score (nSPS) is 14.0. The van der Waals surface area contributed by atoms with Crippen LogP contribution in [0.5, 0.6) is 5.75 Å². The quantitative estimate of drug-likeness (QED) is 0.0116. The molecular formula is C103H107N15O10S. The smallest absolute Gasteiger partial charge is 0.348 e. The molecule has 0 radical (unpaired) electrons. The Hall–Kier alpha value is -14.7. The van der Waals surface area contributed by atoms with E-state index in [2.05, 4.69) is 115 Å². The van der Waals surface area contributed by atoms with E-state index in [9.17, 15) is 34.5 Å². The van der Waals surface area contributed by atoms with Crippen LogP contribution in [0.1, 0.15) is 186 Å². The Labute approximate surface area is 758 Å². The van der Waals surface area contributed by atoms with Crippen molar-refractivity contribution in [3.63, 3.8) is 0 Å². The van der Waals surface area contributed by atoms with E-state index in [1.54, 1.807) is 64.5 Å². The number of hydrogen-bond donors (Lipinski definition) is 4. The average molecular weight is 1750 g/mol. The number of nitrogens with zero attached hydrogens (tertiary/aromatic N) is 11. The number of allylic oxidation sites excluding steroid dienone is 4. The van der Waals surface area contributed by atoms with Crippen molar-refractivity contribution in [2.75, 3.05) is 118 Å². The van der Waals surface area contributed by atoms with Crippen LogP contribution in [0.15, 0.2) is 220 Å². The van der Waals surface area contributed by atoms with Gasteiger partial charge in [0.05, 0.1) is 76.9 Å². The number of nitriles is 4. The van der Waals surface area contributed by atoms with Gasteiger partial charge in [-0.1, -0.05) is 129 Å². The molecule has 1 saturated carbocycles. The number of ketones is 2. The third kappa shape index (κ3) is 23.0. The number of azo groups is 1. The number of benzene rings is 8. The van der Waals surface area contributed by atoms with Crippen LogP contribution < -0.4 is 40.8 Å². The van der Waals surface area contributed by atoms with Crippen molar-refractivity contribution < 1.29 is 47.7 Å². The molecule has 0 bridgehead atoms. The number of hydrogen-bond acceptors (Lipinski definition) is 25. The summed E-state index contributed by atoms with van der Waals surface area (Å²) in [7, 11) is 7.91. The lowest BCUT2D eigenvalue weighted by Gasteiger charge is -2.24. The first-order chi connectivity index (χ1) is 62.3. The Kier molecular flexibility index (Phi) is 33.1. The molecule has 1 amide bonds. The first-order valence-corrected chi connectivity index (χ1v) is 43.6. The lowest BCUT2D eigenvalue weighted by Crippen LogP contribution is -2.28. The summed E-state index contributed by atoms with van der Waals surface area (Å²) in [5, 5.41) is 65.2. The lowest BCUT2D eigenvalue weighted by molar-refractivity contribution is -0.114. The van der Waals surface area contributed by atoms with Gasteiger partial charge in [-0.2, -0.15) is 31.2 Å². The highest BCUT2D eigenvalue weighted by molar-refractivity contribution is 7.18. The highest BCUT2D eigenvalue weighted by Crippen LogP contribution is 2.48. The first-order valence-electron chi connectivity index (χ1n) is 42.7. The number of pyridine rings is 1. The maximum atomic E-state index is 13.5. The van der Waals surface area contributed by atoms with Gasteiger partial charge >= 0.3 is 11.9 Å². The number of para-hydroxylation sites is 1. The van der Waals surface area contributed by atoms with Gasteiger partial charge in [-0.05, 0) is 217 Å². The zero-order valence-electron chi connectivity index (χ0n) is 75.4. The number of anilines is 9. The summed E-state index contributed by atoms with van der Waals surface area (Å²) in [5.74, 6) is 1.16. The van der Waals surface area contributed by atoms with Gasteiger partial charge < -0.3 is 54.8 Å². The fourth-order valence-corrected chi connectivity index (χ4v) is 16.6. The van der Waals surface area contributed by atoms with Crippen molar-refractivity contribution in [2.24, 2.45) is 15.3 Å². The van der Waals surface area contributed by atoms with Crippen LogP contribution in [0, 0.1) is 79.9 Å². The number of likely N-dealkylation sites (N-methyl/N-ethyl adjacent to an activating group) is 2. The monoisotopic (exact) mass is 1750 g/mol. The molecule has 4 aliphatic rings. The molecule has 2 aliphatic heterocycles. The fourth-order valence-electron chi connectivity index (χ4n) is 15.6. The maximum Gasteiger partial charge on any atom is 0.348 e. The predicted molar refractivity (Wildman–Crippen MR) is 510 cm³/mol. The number of fused-ring (bicyclic) bond motifs is 3. The molecule has 4 heterocycles. The fraction of sp³-hybridized carbons (Fsp3) is 0.291. The highest BCUT2D eigenvalue weighted by atomic mass is 32.1. The molecular weight excluding hydrogens is 1640 g/mol. The number of amides is 1. The van der Waals surface area contributed by atoms with Crippen molar-refractivity contribution in [3.05, 3.63) is 293 Å². The third-order valence-corrected chi connectivity index (χ3v) is 24.0. The van der Waals surface area contributed by atoms with E-state index in [-0.39, 0.29) is 45.0 Å². The molecule has 26 heteroatoms. The molecule has 1 fully saturated rings. The van der Waals surface area contributed by atoms with Gasteiger partial charge in [-0.15, -0.1) is 21.6 Å². The summed E-state index contributed by atoms with van der Waals surface area (Å²) in [6.07, 6.45) is 13.6. The molecule has 4 N–H and O–H groups in total. The Morgan fingerprint density at radius 1 is 0.636 bits per heavy atom. The zero-order valence-corrected chi connectivity index (χ0v) is 76.2. The van der Waals surface area contributed by atoms with Crippen molar-refractivity contribution in [1.82, 2.24) is 4.98 Å². The largest absolute Gasteiger partial charge is 0.492 e. The number of carbonyl (C=O) groups is 5.